The first kappa shape index (κ1) is 14.8. The van der Waals surface area contributed by atoms with Crippen LogP contribution in [0.3, 0.4) is 0 Å². The molecule has 1 fully saturated rings. The fourth-order valence-corrected chi connectivity index (χ4v) is 2.62. The molecular weight excluding hydrogens is 228 g/mol. The molecular formula is C15H22O3. The summed E-state index contributed by atoms with van der Waals surface area (Å²) in [6, 6.07) is 0. The Kier molecular flexibility index (Phi) is 4.28. The van der Waals surface area contributed by atoms with Crippen LogP contribution in [0.5, 0.6) is 0 Å². The molecule has 1 saturated carbocycles. The predicted octanol–water partition coefficient (Wildman–Crippen LogP) is 2.44. The van der Waals surface area contributed by atoms with E-state index < -0.39 is 11.5 Å². The van der Waals surface area contributed by atoms with E-state index in [-0.39, 0.29) is 11.2 Å². The fraction of sp³-hybridized carbons (Fsp3) is 0.600. The molecule has 0 bridgehead atoms. The van der Waals surface area contributed by atoms with Gasteiger partial charge in [-0.25, -0.2) is 0 Å². The number of ketones is 1. The van der Waals surface area contributed by atoms with Gasteiger partial charge in [0.2, 0.25) is 0 Å². The van der Waals surface area contributed by atoms with Gasteiger partial charge in [-0.05, 0) is 42.9 Å². The highest BCUT2D eigenvalue weighted by Crippen LogP contribution is 2.53. The molecule has 0 aromatic rings. The number of hydrogen-bond donors (Lipinski definition) is 1. The molecule has 0 aromatic carbocycles. The molecule has 2 atom stereocenters. The van der Waals surface area contributed by atoms with Crippen molar-refractivity contribution in [3.8, 4) is 0 Å². The second-order valence-corrected chi connectivity index (χ2v) is 6.02. The summed E-state index contributed by atoms with van der Waals surface area (Å²) in [5.41, 5.74) is -0.00108. The number of allylic oxidation sites excluding steroid dienone is 4. The van der Waals surface area contributed by atoms with E-state index in [1.54, 1.807) is 13.0 Å². The van der Waals surface area contributed by atoms with Gasteiger partial charge in [0.15, 0.2) is 5.78 Å². The van der Waals surface area contributed by atoms with Gasteiger partial charge in [-0.3, -0.25) is 9.59 Å². The first-order valence-corrected chi connectivity index (χ1v) is 6.25. The van der Waals surface area contributed by atoms with Gasteiger partial charge in [0.05, 0.1) is 6.10 Å². The van der Waals surface area contributed by atoms with Crippen LogP contribution in [0.15, 0.2) is 23.8 Å². The number of aliphatic hydroxyl groups excluding tert-OH is 1. The van der Waals surface area contributed by atoms with E-state index in [0.29, 0.717) is 19.1 Å². The standard InChI is InChI=1S/C15H22O3/c1-11(7-8-16)5-6-13(18)15(4)10-12(17)9-14(15,2)3/h5-8,12,17H,9-10H2,1-4H3/b6-5+,11-7+/t12-,15-/m0/s1. The third-order valence-electron chi connectivity index (χ3n) is 4.26. The second kappa shape index (κ2) is 5.19. The van der Waals surface area contributed by atoms with Gasteiger partial charge in [0.1, 0.15) is 6.29 Å². The van der Waals surface area contributed by atoms with Crippen molar-refractivity contribution in [2.45, 2.75) is 46.6 Å². The first-order valence-electron chi connectivity index (χ1n) is 6.25. The summed E-state index contributed by atoms with van der Waals surface area (Å²) in [5, 5.41) is 9.78. The number of rotatable bonds is 4. The van der Waals surface area contributed by atoms with Gasteiger partial charge >= 0.3 is 0 Å². The predicted molar refractivity (Wildman–Crippen MR) is 71.1 cm³/mol. The van der Waals surface area contributed by atoms with E-state index in [9.17, 15) is 14.7 Å². The van der Waals surface area contributed by atoms with Gasteiger partial charge < -0.3 is 5.11 Å². The van der Waals surface area contributed by atoms with Crippen LogP contribution in [-0.4, -0.2) is 23.3 Å². The van der Waals surface area contributed by atoms with Crippen LogP contribution in [0.1, 0.15) is 40.5 Å². The highest BCUT2D eigenvalue weighted by Gasteiger charge is 2.52. The van der Waals surface area contributed by atoms with Gasteiger partial charge in [-0.2, -0.15) is 0 Å². The molecule has 3 nitrogen and oxygen atoms in total. The molecule has 18 heavy (non-hydrogen) atoms. The molecule has 0 unspecified atom stereocenters. The summed E-state index contributed by atoms with van der Waals surface area (Å²) in [7, 11) is 0. The van der Waals surface area contributed by atoms with E-state index in [1.165, 1.54) is 12.2 Å². The zero-order chi connectivity index (χ0) is 14.0. The van der Waals surface area contributed by atoms with Gasteiger partial charge in [-0.1, -0.05) is 26.8 Å². The highest BCUT2D eigenvalue weighted by molar-refractivity contribution is 5.96. The maximum absolute atomic E-state index is 12.3. The summed E-state index contributed by atoms with van der Waals surface area (Å²) in [6.45, 7) is 7.72. The summed E-state index contributed by atoms with van der Waals surface area (Å²) in [6.07, 6.45) is 6.04. The molecule has 0 aromatic heterocycles. The van der Waals surface area contributed by atoms with E-state index in [0.717, 1.165) is 5.57 Å². The Labute approximate surface area is 109 Å². The molecule has 0 radical (unpaired) electrons. The zero-order valence-corrected chi connectivity index (χ0v) is 11.6. The van der Waals surface area contributed by atoms with E-state index >= 15 is 0 Å². The minimum atomic E-state index is -0.537. The number of carbonyl (C=O) groups excluding carboxylic acids is 2. The lowest BCUT2D eigenvalue weighted by atomic mass is 9.66. The van der Waals surface area contributed by atoms with E-state index in [4.69, 9.17) is 0 Å². The molecule has 0 spiro atoms. The molecule has 0 saturated heterocycles. The Morgan fingerprint density at radius 1 is 1.22 bits per heavy atom. The highest BCUT2D eigenvalue weighted by atomic mass is 16.3. The average Bonchev–Trinajstić information content (AvgIpc) is 2.45. The van der Waals surface area contributed by atoms with Crippen molar-refractivity contribution in [1.82, 2.24) is 0 Å². The lowest BCUT2D eigenvalue weighted by Gasteiger charge is -2.35. The van der Waals surface area contributed by atoms with Crippen LogP contribution in [0.25, 0.3) is 0 Å². The number of hydrogen-bond acceptors (Lipinski definition) is 3. The molecule has 1 rings (SSSR count). The minimum Gasteiger partial charge on any atom is -0.393 e. The Morgan fingerprint density at radius 3 is 2.28 bits per heavy atom. The third-order valence-corrected chi connectivity index (χ3v) is 4.26. The van der Waals surface area contributed by atoms with Crippen molar-refractivity contribution >= 4 is 12.1 Å². The Bertz CT molecular complexity index is 404. The Balaban J connectivity index is 2.90. The van der Waals surface area contributed by atoms with Gasteiger partial charge in [0, 0.05) is 5.41 Å². The monoisotopic (exact) mass is 250 g/mol. The largest absolute Gasteiger partial charge is 0.393 e. The Morgan fingerprint density at radius 2 is 1.83 bits per heavy atom. The molecule has 1 aliphatic rings. The van der Waals surface area contributed by atoms with Gasteiger partial charge in [0.25, 0.3) is 0 Å². The van der Waals surface area contributed by atoms with Crippen molar-refractivity contribution in [2.24, 2.45) is 10.8 Å². The molecule has 0 heterocycles. The normalized spacial score (nSPS) is 31.8. The Hall–Kier alpha value is -1.22. The smallest absolute Gasteiger partial charge is 0.162 e. The fourth-order valence-electron chi connectivity index (χ4n) is 2.62. The van der Waals surface area contributed by atoms with Crippen molar-refractivity contribution in [1.29, 1.82) is 0 Å². The van der Waals surface area contributed by atoms with Crippen LogP contribution in [0.4, 0.5) is 0 Å². The van der Waals surface area contributed by atoms with Crippen molar-refractivity contribution in [2.75, 3.05) is 0 Å². The number of aldehydes is 1. The van der Waals surface area contributed by atoms with E-state index in [1.807, 2.05) is 20.8 Å². The maximum Gasteiger partial charge on any atom is 0.162 e. The molecule has 3 heteroatoms. The van der Waals surface area contributed by atoms with Crippen LogP contribution < -0.4 is 0 Å². The summed E-state index contributed by atoms with van der Waals surface area (Å²) in [5.74, 6) is 0.0164. The average molecular weight is 250 g/mol. The number of carbonyl (C=O) groups is 2. The van der Waals surface area contributed by atoms with Gasteiger partial charge in [-0.15, -0.1) is 0 Å². The maximum atomic E-state index is 12.3. The summed E-state index contributed by atoms with van der Waals surface area (Å²) >= 11 is 0. The minimum absolute atomic E-state index is 0.0164. The van der Waals surface area contributed by atoms with Crippen molar-refractivity contribution < 1.29 is 14.7 Å². The summed E-state index contributed by atoms with van der Waals surface area (Å²) in [4.78, 5) is 22.6. The SMILES string of the molecule is CC(/C=C/C(=O)[C@]1(C)C[C@@H](O)CC1(C)C)=C\C=O. The second-order valence-electron chi connectivity index (χ2n) is 6.02. The van der Waals surface area contributed by atoms with Crippen LogP contribution in [0, 0.1) is 10.8 Å². The lowest BCUT2D eigenvalue weighted by molar-refractivity contribution is -0.127. The van der Waals surface area contributed by atoms with Crippen molar-refractivity contribution in [3.05, 3.63) is 23.8 Å². The molecule has 100 valence electrons. The molecule has 1 N–H and O–H groups in total. The summed E-state index contributed by atoms with van der Waals surface area (Å²) < 4.78 is 0. The van der Waals surface area contributed by atoms with Crippen LogP contribution in [-0.2, 0) is 9.59 Å². The van der Waals surface area contributed by atoms with Crippen LogP contribution in [0.2, 0.25) is 0 Å². The van der Waals surface area contributed by atoms with Crippen molar-refractivity contribution in [3.63, 3.8) is 0 Å². The molecule has 0 aliphatic heterocycles. The first-order chi connectivity index (χ1) is 8.23. The van der Waals surface area contributed by atoms with E-state index in [2.05, 4.69) is 0 Å². The lowest BCUT2D eigenvalue weighted by Crippen LogP contribution is -2.36. The molecule has 1 aliphatic carbocycles. The quantitative estimate of drug-likeness (QED) is 0.473. The topological polar surface area (TPSA) is 54.4 Å². The number of aliphatic hydroxyl groups is 1. The zero-order valence-electron chi connectivity index (χ0n) is 11.6. The van der Waals surface area contributed by atoms with Crippen LogP contribution >= 0.6 is 0 Å². The third kappa shape index (κ3) is 2.78. The molecule has 0 amide bonds.